The molecule has 0 aliphatic rings. The molecule has 0 bridgehead atoms. The zero-order chi connectivity index (χ0) is 13.1. The lowest BCUT2D eigenvalue weighted by Gasteiger charge is -2.04. The molecule has 0 unspecified atom stereocenters. The van der Waals surface area contributed by atoms with Crippen molar-refractivity contribution in [3.05, 3.63) is 65.0 Å². The molecule has 2 rings (SSSR count). The Kier molecular flexibility index (Phi) is 3.46. The predicted molar refractivity (Wildman–Crippen MR) is 63.4 cm³/mol. The maximum absolute atomic E-state index is 13.0. The molecule has 0 spiro atoms. The summed E-state index contributed by atoms with van der Waals surface area (Å²) in [4.78, 5) is 15.9. The normalized spacial score (nSPS) is 10.4. The molecule has 0 aliphatic carbocycles. The van der Waals surface area contributed by atoms with Crippen molar-refractivity contribution in [2.24, 2.45) is 0 Å². The number of carbonyl (C=O) groups excluding carboxylic acids is 1. The van der Waals surface area contributed by atoms with Crippen LogP contribution in [-0.4, -0.2) is 10.8 Å². The lowest BCUT2D eigenvalue weighted by molar-refractivity contribution is 0.0992. The van der Waals surface area contributed by atoms with Crippen molar-refractivity contribution < 1.29 is 13.6 Å². The Morgan fingerprint density at radius 1 is 1.22 bits per heavy atom. The number of rotatable bonds is 3. The van der Waals surface area contributed by atoms with Crippen LogP contribution in [-0.2, 0) is 6.42 Å². The van der Waals surface area contributed by atoms with Crippen LogP contribution in [0.3, 0.4) is 0 Å². The summed E-state index contributed by atoms with van der Waals surface area (Å²) in [6, 6.07) is 4.72. The van der Waals surface area contributed by atoms with E-state index in [1.54, 1.807) is 19.2 Å². The Balaban J connectivity index is 2.24. The maximum atomic E-state index is 13.0. The van der Waals surface area contributed by atoms with Crippen LogP contribution in [0.5, 0.6) is 0 Å². The fraction of sp³-hybridized carbons (Fsp3) is 0.143. The molecule has 4 heteroatoms. The molecule has 18 heavy (non-hydrogen) atoms. The van der Waals surface area contributed by atoms with Gasteiger partial charge in [-0.1, -0.05) is 0 Å². The second-order valence-electron chi connectivity index (χ2n) is 4.07. The standard InChI is InChI=1S/C14H11F2NO/c1-9-8-17-3-2-13(9)14(18)6-10-4-11(15)7-12(16)5-10/h2-5,7-8H,6H2,1H3. The first-order valence-corrected chi connectivity index (χ1v) is 5.45. The van der Waals surface area contributed by atoms with Gasteiger partial charge in [0.05, 0.1) is 0 Å². The fourth-order valence-electron chi connectivity index (χ4n) is 1.78. The first-order valence-electron chi connectivity index (χ1n) is 5.45. The summed E-state index contributed by atoms with van der Waals surface area (Å²) in [6.07, 6.45) is 3.07. The molecule has 1 aromatic carbocycles. The van der Waals surface area contributed by atoms with Gasteiger partial charge in [-0.25, -0.2) is 8.78 Å². The first kappa shape index (κ1) is 12.4. The maximum Gasteiger partial charge on any atom is 0.167 e. The molecular formula is C14H11F2NO. The molecule has 2 nitrogen and oxygen atoms in total. The number of aromatic nitrogens is 1. The quantitative estimate of drug-likeness (QED) is 0.780. The summed E-state index contributed by atoms with van der Waals surface area (Å²) in [5.74, 6) is -1.53. The van der Waals surface area contributed by atoms with Gasteiger partial charge in [0.2, 0.25) is 0 Å². The van der Waals surface area contributed by atoms with Crippen molar-refractivity contribution in [2.75, 3.05) is 0 Å². The second-order valence-corrected chi connectivity index (χ2v) is 4.07. The molecule has 1 heterocycles. The molecule has 0 N–H and O–H groups in total. The molecule has 0 amide bonds. The van der Waals surface area contributed by atoms with E-state index in [9.17, 15) is 13.6 Å². The summed E-state index contributed by atoms with van der Waals surface area (Å²) >= 11 is 0. The molecule has 0 fully saturated rings. The summed E-state index contributed by atoms with van der Waals surface area (Å²) in [6.45, 7) is 1.77. The van der Waals surface area contributed by atoms with E-state index in [2.05, 4.69) is 4.98 Å². The van der Waals surface area contributed by atoms with Gasteiger partial charge in [0.1, 0.15) is 11.6 Å². The van der Waals surface area contributed by atoms with Gasteiger partial charge in [0, 0.05) is 30.4 Å². The number of aryl methyl sites for hydroxylation is 1. The second kappa shape index (κ2) is 5.04. The third-order valence-corrected chi connectivity index (χ3v) is 2.61. The molecule has 0 atom stereocenters. The van der Waals surface area contributed by atoms with Gasteiger partial charge in [-0.2, -0.15) is 0 Å². The topological polar surface area (TPSA) is 30.0 Å². The summed E-state index contributed by atoms with van der Waals surface area (Å²) < 4.78 is 26.0. The van der Waals surface area contributed by atoms with Gasteiger partial charge in [-0.15, -0.1) is 0 Å². The van der Waals surface area contributed by atoms with E-state index in [-0.39, 0.29) is 12.2 Å². The number of pyridine rings is 1. The SMILES string of the molecule is Cc1cnccc1C(=O)Cc1cc(F)cc(F)c1. The smallest absolute Gasteiger partial charge is 0.167 e. The fourth-order valence-corrected chi connectivity index (χ4v) is 1.78. The van der Waals surface area contributed by atoms with Crippen molar-refractivity contribution in [1.29, 1.82) is 0 Å². The van der Waals surface area contributed by atoms with Gasteiger partial charge >= 0.3 is 0 Å². The minimum atomic E-state index is -0.677. The van der Waals surface area contributed by atoms with Crippen molar-refractivity contribution in [3.63, 3.8) is 0 Å². The van der Waals surface area contributed by atoms with Gasteiger partial charge in [0.15, 0.2) is 5.78 Å². The number of benzene rings is 1. The van der Waals surface area contributed by atoms with E-state index in [0.29, 0.717) is 11.1 Å². The third kappa shape index (κ3) is 2.77. The molecule has 0 radical (unpaired) electrons. The van der Waals surface area contributed by atoms with Crippen molar-refractivity contribution in [1.82, 2.24) is 4.98 Å². The summed E-state index contributed by atoms with van der Waals surface area (Å²) in [5.41, 5.74) is 1.60. The van der Waals surface area contributed by atoms with Gasteiger partial charge < -0.3 is 0 Å². The lowest BCUT2D eigenvalue weighted by Crippen LogP contribution is -2.06. The van der Waals surface area contributed by atoms with E-state index in [1.807, 2.05) is 0 Å². The number of hydrogen-bond acceptors (Lipinski definition) is 2. The Morgan fingerprint density at radius 2 is 1.89 bits per heavy atom. The molecule has 0 saturated carbocycles. The minimum Gasteiger partial charge on any atom is -0.294 e. The zero-order valence-corrected chi connectivity index (χ0v) is 9.78. The minimum absolute atomic E-state index is 0.0282. The van der Waals surface area contributed by atoms with Crippen LogP contribution in [0.1, 0.15) is 21.5 Å². The highest BCUT2D eigenvalue weighted by Gasteiger charge is 2.11. The van der Waals surface area contributed by atoms with Crippen molar-refractivity contribution in [3.8, 4) is 0 Å². The van der Waals surface area contributed by atoms with E-state index in [0.717, 1.165) is 23.8 Å². The van der Waals surface area contributed by atoms with Crippen LogP contribution in [0.15, 0.2) is 36.7 Å². The van der Waals surface area contributed by atoms with Crippen LogP contribution in [0.2, 0.25) is 0 Å². The van der Waals surface area contributed by atoms with Crippen molar-refractivity contribution in [2.45, 2.75) is 13.3 Å². The Morgan fingerprint density at radius 3 is 2.50 bits per heavy atom. The van der Waals surface area contributed by atoms with Gasteiger partial charge in [-0.05, 0) is 36.2 Å². The highest BCUT2D eigenvalue weighted by Crippen LogP contribution is 2.13. The molecule has 0 saturated heterocycles. The van der Waals surface area contributed by atoms with Crippen LogP contribution in [0, 0.1) is 18.6 Å². The number of carbonyl (C=O) groups is 1. The molecule has 0 aliphatic heterocycles. The van der Waals surface area contributed by atoms with E-state index < -0.39 is 11.6 Å². The van der Waals surface area contributed by atoms with Crippen LogP contribution in [0.25, 0.3) is 0 Å². The number of halogens is 2. The van der Waals surface area contributed by atoms with Crippen LogP contribution < -0.4 is 0 Å². The Hall–Kier alpha value is -2.10. The van der Waals surface area contributed by atoms with E-state index in [1.165, 1.54) is 6.20 Å². The number of hydrogen-bond donors (Lipinski definition) is 0. The highest BCUT2D eigenvalue weighted by atomic mass is 19.1. The number of nitrogens with zero attached hydrogens (tertiary/aromatic N) is 1. The average Bonchev–Trinajstić information content (AvgIpc) is 2.27. The molecule has 92 valence electrons. The van der Waals surface area contributed by atoms with E-state index >= 15 is 0 Å². The Labute approximate surface area is 103 Å². The van der Waals surface area contributed by atoms with Crippen molar-refractivity contribution >= 4 is 5.78 Å². The monoisotopic (exact) mass is 247 g/mol. The Bertz CT molecular complexity index is 576. The van der Waals surface area contributed by atoms with Crippen LogP contribution >= 0.6 is 0 Å². The third-order valence-electron chi connectivity index (χ3n) is 2.61. The predicted octanol–water partition coefficient (Wildman–Crippen LogP) is 3.09. The lowest BCUT2D eigenvalue weighted by atomic mass is 10.0. The van der Waals surface area contributed by atoms with E-state index in [4.69, 9.17) is 0 Å². The summed E-state index contributed by atoms with van der Waals surface area (Å²) in [5, 5.41) is 0. The van der Waals surface area contributed by atoms with Gasteiger partial charge in [-0.3, -0.25) is 9.78 Å². The highest BCUT2D eigenvalue weighted by molar-refractivity contribution is 5.98. The zero-order valence-electron chi connectivity index (χ0n) is 9.78. The average molecular weight is 247 g/mol. The molecule has 2 aromatic rings. The molecule has 1 aromatic heterocycles. The largest absolute Gasteiger partial charge is 0.294 e. The number of Topliss-reactive ketones (excluding diaryl/α,β-unsaturated/α-hetero) is 1. The summed E-state index contributed by atoms with van der Waals surface area (Å²) in [7, 11) is 0. The van der Waals surface area contributed by atoms with Gasteiger partial charge in [0.25, 0.3) is 0 Å². The number of ketones is 1. The van der Waals surface area contributed by atoms with Crippen LogP contribution in [0.4, 0.5) is 8.78 Å². The molecular weight excluding hydrogens is 236 g/mol. The first-order chi connectivity index (χ1) is 8.56.